The van der Waals surface area contributed by atoms with E-state index >= 15 is 0 Å². The van der Waals surface area contributed by atoms with E-state index < -0.39 is 5.54 Å². The molecule has 6 heteroatoms. The fraction of sp³-hybridized carbons (Fsp3) is 0.350. The first kappa shape index (κ1) is 17.9. The monoisotopic (exact) mass is 352 g/mol. The zero-order valence-corrected chi connectivity index (χ0v) is 14.9. The minimum atomic E-state index is -0.882. The third kappa shape index (κ3) is 4.39. The number of amides is 3. The summed E-state index contributed by atoms with van der Waals surface area (Å²) in [6.07, 6.45) is 4.78. The Hall–Kier alpha value is -2.89. The van der Waals surface area contributed by atoms with Gasteiger partial charge in [0.05, 0.1) is 0 Å². The Labute approximate surface area is 153 Å². The topological polar surface area (TPSA) is 83.1 Å². The molecule has 1 aromatic carbocycles. The van der Waals surface area contributed by atoms with Crippen LogP contribution in [0.25, 0.3) is 0 Å². The molecule has 1 saturated carbocycles. The van der Waals surface area contributed by atoms with Crippen LogP contribution in [0.15, 0.2) is 48.7 Å². The highest BCUT2D eigenvalue weighted by atomic mass is 16.2. The van der Waals surface area contributed by atoms with Crippen molar-refractivity contribution in [1.82, 2.24) is 15.6 Å². The summed E-state index contributed by atoms with van der Waals surface area (Å²) in [5, 5.41) is 8.57. The standard InChI is InChI=1S/C20H24N4O2/c1-15-9-10-17(21-13-15)23-18(25)20(11-5-6-12-20)24-19(26)22-14-16-7-3-2-4-8-16/h2-4,7-10,13H,5-6,11-12,14H2,1H3,(H,21,23,25)(H2,22,24,26). The number of rotatable bonds is 5. The van der Waals surface area contributed by atoms with Gasteiger partial charge in [-0.25, -0.2) is 9.78 Å². The third-order valence-electron chi connectivity index (χ3n) is 4.69. The molecular formula is C20H24N4O2. The predicted octanol–water partition coefficient (Wildman–Crippen LogP) is 3.14. The van der Waals surface area contributed by atoms with Crippen molar-refractivity contribution >= 4 is 17.8 Å². The number of nitrogens with zero attached hydrogens (tertiary/aromatic N) is 1. The molecule has 136 valence electrons. The summed E-state index contributed by atoms with van der Waals surface area (Å²) in [6.45, 7) is 2.36. The van der Waals surface area contributed by atoms with Crippen molar-refractivity contribution in [2.75, 3.05) is 5.32 Å². The Balaban J connectivity index is 1.62. The molecule has 26 heavy (non-hydrogen) atoms. The summed E-state index contributed by atoms with van der Waals surface area (Å²) in [5.74, 6) is 0.291. The van der Waals surface area contributed by atoms with Crippen LogP contribution >= 0.6 is 0 Å². The van der Waals surface area contributed by atoms with Gasteiger partial charge in [-0.1, -0.05) is 49.2 Å². The molecule has 0 atom stereocenters. The molecule has 0 saturated heterocycles. The van der Waals surface area contributed by atoms with Crippen molar-refractivity contribution in [1.29, 1.82) is 0 Å². The number of hydrogen-bond donors (Lipinski definition) is 3. The molecule has 1 aromatic heterocycles. The maximum Gasteiger partial charge on any atom is 0.315 e. The molecule has 1 heterocycles. The van der Waals surface area contributed by atoms with Gasteiger partial charge in [0, 0.05) is 12.7 Å². The molecule has 1 aliphatic rings. The van der Waals surface area contributed by atoms with Crippen LogP contribution < -0.4 is 16.0 Å². The van der Waals surface area contributed by atoms with Crippen LogP contribution in [-0.4, -0.2) is 22.5 Å². The van der Waals surface area contributed by atoms with Crippen LogP contribution in [0.4, 0.5) is 10.6 Å². The summed E-state index contributed by atoms with van der Waals surface area (Å²) in [5.41, 5.74) is 1.15. The Morgan fingerprint density at radius 2 is 1.81 bits per heavy atom. The smallest absolute Gasteiger partial charge is 0.315 e. The molecule has 3 amide bonds. The van der Waals surface area contributed by atoms with Gasteiger partial charge >= 0.3 is 6.03 Å². The molecule has 0 spiro atoms. The molecule has 3 rings (SSSR count). The quantitative estimate of drug-likeness (QED) is 0.773. The van der Waals surface area contributed by atoms with Crippen LogP contribution in [0.2, 0.25) is 0 Å². The van der Waals surface area contributed by atoms with E-state index in [0.717, 1.165) is 24.0 Å². The lowest BCUT2D eigenvalue weighted by atomic mass is 9.96. The van der Waals surface area contributed by atoms with Gasteiger partial charge in [0.2, 0.25) is 0 Å². The van der Waals surface area contributed by atoms with Crippen LogP contribution in [0.1, 0.15) is 36.8 Å². The van der Waals surface area contributed by atoms with Gasteiger partial charge in [-0.05, 0) is 37.0 Å². The summed E-state index contributed by atoms with van der Waals surface area (Å²) >= 11 is 0. The van der Waals surface area contributed by atoms with Crippen molar-refractivity contribution in [3.05, 3.63) is 59.8 Å². The minimum Gasteiger partial charge on any atom is -0.334 e. The molecule has 1 fully saturated rings. The van der Waals surface area contributed by atoms with E-state index in [-0.39, 0.29) is 11.9 Å². The Morgan fingerprint density at radius 1 is 1.08 bits per heavy atom. The number of carbonyl (C=O) groups is 2. The average molecular weight is 352 g/mol. The van der Waals surface area contributed by atoms with E-state index in [1.54, 1.807) is 12.3 Å². The maximum atomic E-state index is 12.8. The predicted molar refractivity (Wildman–Crippen MR) is 101 cm³/mol. The van der Waals surface area contributed by atoms with Crippen molar-refractivity contribution in [2.45, 2.75) is 44.7 Å². The number of carbonyl (C=O) groups excluding carboxylic acids is 2. The number of pyridine rings is 1. The number of aryl methyl sites for hydroxylation is 1. The highest BCUT2D eigenvalue weighted by Crippen LogP contribution is 2.30. The molecule has 3 N–H and O–H groups in total. The van der Waals surface area contributed by atoms with Gasteiger partial charge in [-0.15, -0.1) is 0 Å². The highest BCUT2D eigenvalue weighted by molar-refractivity contribution is 6.00. The number of aromatic nitrogens is 1. The van der Waals surface area contributed by atoms with Crippen LogP contribution in [-0.2, 0) is 11.3 Å². The molecule has 6 nitrogen and oxygen atoms in total. The lowest BCUT2D eigenvalue weighted by molar-refractivity contribution is -0.121. The first-order valence-electron chi connectivity index (χ1n) is 8.91. The van der Waals surface area contributed by atoms with E-state index in [4.69, 9.17) is 0 Å². The fourth-order valence-electron chi connectivity index (χ4n) is 3.20. The summed E-state index contributed by atoms with van der Waals surface area (Å²) in [6, 6.07) is 13.0. The van der Waals surface area contributed by atoms with Gasteiger partial charge in [-0.3, -0.25) is 4.79 Å². The van der Waals surface area contributed by atoms with Crippen molar-refractivity contribution in [3.8, 4) is 0 Å². The van der Waals surface area contributed by atoms with Crippen molar-refractivity contribution < 1.29 is 9.59 Å². The lowest BCUT2D eigenvalue weighted by Crippen LogP contribution is -2.57. The van der Waals surface area contributed by atoms with Crippen LogP contribution in [0.5, 0.6) is 0 Å². The molecule has 2 aromatic rings. The minimum absolute atomic E-state index is 0.207. The largest absolute Gasteiger partial charge is 0.334 e. The number of urea groups is 1. The third-order valence-corrected chi connectivity index (χ3v) is 4.69. The van der Waals surface area contributed by atoms with E-state index in [1.165, 1.54) is 0 Å². The van der Waals surface area contributed by atoms with Crippen LogP contribution in [0.3, 0.4) is 0 Å². The Kier molecular flexibility index (Phi) is 5.51. The van der Waals surface area contributed by atoms with Crippen molar-refractivity contribution in [2.24, 2.45) is 0 Å². The first-order chi connectivity index (χ1) is 12.6. The van der Waals surface area contributed by atoms with E-state index in [0.29, 0.717) is 25.2 Å². The zero-order chi connectivity index (χ0) is 18.4. The molecule has 0 bridgehead atoms. The molecule has 0 unspecified atom stereocenters. The second kappa shape index (κ2) is 7.99. The van der Waals surface area contributed by atoms with E-state index in [2.05, 4.69) is 20.9 Å². The molecule has 0 aliphatic heterocycles. The molecule has 1 aliphatic carbocycles. The van der Waals surface area contributed by atoms with E-state index in [1.807, 2.05) is 43.3 Å². The lowest BCUT2D eigenvalue weighted by Gasteiger charge is -2.29. The Morgan fingerprint density at radius 3 is 2.46 bits per heavy atom. The van der Waals surface area contributed by atoms with Gasteiger partial charge in [0.25, 0.3) is 5.91 Å². The van der Waals surface area contributed by atoms with E-state index in [9.17, 15) is 9.59 Å². The zero-order valence-electron chi connectivity index (χ0n) is 14.9. The van der Waals surface area contributed by atoms with Gasteiger partial charge < -0.3 is 16.0 Å². The van der Waals surface area contributed by atoms with Gasteiger partial charge in [-0.2, -0.15) is 0 Å². The highest BCUT2D eigenvalue weighted by Gasteiger charge is 2.42. The molecule has 0 radical (unpaired) electrons. The second-order valence-electron chi connectivity index (χ2n) is 6.76. The number of hydrogen-bond acceptors (Lipinski definition) is 3. The van der Waals surface area contributed by atoms with Crippen LogP contribution in [0, 0.1) is 6.92 Å². The maximum absolute atomic E-state index is 12.8. The number of nitrogens with one attached hydrogen (secondary N) is 3. The second-order valence-corrected chi connectivity index (χ2v) is 6.76. The van der Waals surface area contributed by atoms with Gasteiger partial charge in [0.15, 0.2) is 0 Å². The fourth-order valence-corrected chi connectivity index (χ4v) is 3.20. The number of benzene rings is 1. The van der Waals surface area contributed by atoms with Crippen molar-refractivity contribution in [3.63, 3.8) is 0 Å². The summed E-state index contributed by atoms with van der Waals surface area (Å²) < 4.78 is 0. The SMILES string of the molecule is Cc1ccc(NC(=O)C2(NC(=O)NCc3ccccc3)CCCC2)nc1. The first-order valence-corrected chi connectivity index (χ1v) is 8.91. The Bertz CT molecular complexity index is 753. The van der Waals surface area contributed by atoms with Gasteiger partial charge in [0.1, 0.15) is 11.4 Å². The summed E-state index contributed by atoms with van der Waals surface area (Å²) in [7, 11) is 0. The summed E-state index contributed by atoms with van der Waals surface area (Å²) in [4.78, 5) is 29.4. The average Bonchev–Trinajstić information content (AvgIpc) is 3.12. The molecular weight excluding hydrogens is 328 g/mol. The normalized spacial score (nSPS) is 15.3. The number of anilines is 1.